The van der Waals surface area contributed by atoms with Gasteiger partial charge in [-0.1, -0.05) is 0 Å². The fraction of sp³-hybridized carbons (Fsp3) is 1.00. The van der Waals surface area contributed by atoms with Crippen LogP contribution >= 0.6 is 7.94 Å². The topological polar surface area (TPSA) is 27.7 Å². The summed E-state index contributed by atoms with van der Waals surface area (Å²) in [4.78, 5) is 0. The lowest BCUT2D eigenvalue weighted by molar-refractivity contribution is 0.188. The third-order valence-corrected chi connectivity index (χ3v) is 3.81. The Labute approximate surface area is 63.2 Å². The maximum absolute atomic E-state index is 5.34. The third kappa shape index (κ3) is 2.51. The Hall–Kier alpha value is 0.310. The van der Waals surface area contributed by atoms with E-state index in [4.69, 9.17) is 13.6 Å². The van der Waals surface area contributed by atoms with Crippen molar-refractivity contribution in [2.24, 2.45) is 0 Å². The van der Waals surface area contributed by atoms with Gasteiger partial charge in [0.15, 0.2) is 0 Å². The van der Waals surface area contributed by atoms with Gasteiger partial charge in [-0.15, -0.1) is 0 Å². The van der Waals surface area contributed by atoms with Crippen molar-refractivity contribution >= 4 is 7.94 Å². The zero-order valence-corrected chi connectivity index (χ0v) is 7.98. The lowest BCUT2D eigenvalue weighted by Crippen LogP contribution is -2.05. The van der Waals surface area contributed by atoms with Crippen LogP contribution in [0, 0.1) is 0 Å². The molecular weight excluding hydrogens is 151 g/mol. The van der Waals surface area contributed by atoms with Crippen LogP contribution in [0.3, 0.4) is 0 Å². The molecule has 0 aliphatic heterocycles. The molecule has 0 bridgehead atoms. The highest BCUT2D eigenvalue weighted by Crippen LogP contribution is 2.60. The monoisotopic (exact) mass is 167 g/mol. The summed E-state index contributed by atoms with van der Waals surface area (Å²) in [6.45, 7) is 4.57. The third-order valence-electron chi connectivity index (χ3n) is 1.27. The van der Waals surface area contributed by atoms with Crippen LogP contribution in [0.15, 0.2) is 0 Å². The first-order valence-electron chi connectivity index (χ1n) is 3.38. The molecule has 0 aromatic heterocycles. The summed E-state index contributed by atoms with van der Waals surface area (Å²) < 4.78 is 15.6. The Balaban J connectivity index is 3.87. The first-order chi connectivity index (χ1) is 4.74. The van der Waals surface area contributed by atoms with E-state index in [-0.39, 0.29) is 0 Å². The van der Waals surface area contributed by atoms with Gasteiger partial charge in [-0.05, 0) is 13.8 Å². The largest absolute Gasteiger partial charge is 0.410 e. The van der Waals surface area contributed by atoms with Crippen LogP contribution in [0.1, 0.15) is 13.8 Å². The molecule has 0 rings (SSSR count). The fourth-order valence-electron chi connectivity index (χ4n) is 0.726. The molecule has 0 unspecified atom stereocenters. The lowest BCUT2D eigenvalue weighted by Gasteiger charge is -2.15. The molecule has 4 heteroatoms. The molecule has 62 valence electrons. The number of hydrogen-bond donors (Lipinski definition) is 0. The van der Waals surface area contributed by atoms with E-state index in [0.717, 1.165) is 6.16 Å². The van der Waals surface area contributed by atoms with Gasteiger partial charge < -0.3 is 0 Å². The summed E-state index contributed by atoms with van der Waals surface area (Å²) >= 11 is 0. The van der Waals surface area contributed by atoms with Crippen LogP contribution in [-0.4, -0.2) is 27.0 Å². The molecule has 0 fully saturated rings. The van der Waals surface area contributed by atoms with E-state index in [1.807, 2.05) is 13.8 Å². The Morgan fingerprint density at radius 3 is 1.70 bits per heavy atom. The molecule has 0 aliphatic carbocycles. The predicted molar refractivity (Wildman–Crippen MR) is 43.1 cm³/mol. The molecule has 0 amide bonds. The van der Waals surface area contributed by atoms with Crippen molar-refractivity contribution in [3.63, 3.8) is 0 Å². The van der Waals surface area contributed by atoms with Crippen LogP contribution in [0.2, 0.25) is 0 Å². The summed E-state index contributed by atoms with van der Waals surface area (Å²) in [6.07, 6.45) is 0.799. The summed E-state index contributed by atoms with van der Waals surface area (Å²) in [6, 6.07) is 0. The highest BCUT2D eigenvalue weighted by molar-refractivity contribution is 7.61. The fourth-order valence-corrected chi connectivity index (χ4v) is 2.18. The Bertz CT molecular complexity index is 74.8. The molecule has 0 heterocycles. The smallest absolute Gasteiger partial charge is 0.181 e. The van der Waals surface area contributed by atoms with E-state index in [2.05, 4.69) is 0 Å². The van der Waals surface area contributed by atoms with Crippen LogP contribution in [-0.2, 0) is 13.6 Å². The molecule has 0 atom stereocenters. The molecular formula is C6H16O3P+. The first-order valence-corrected chi connectivity index (χ1v) is 5.11. The minimum atomic E-state index is -1.94. The summed E-state index contributed by atoms with van der Waals surface area (Å²) in [5.74, 6) is 0. The molecule has 3 nitrogen and oxygen atoms in total. The molecule has 10 heavy (non-hydrogen) atoms. The number of rotatable bonds is 5. The van der Waals surface area contributed by atoms with Crippen molar-refractivity contribution in [1.82, 2.24) is 0 Å². The SMILES string of the molecule is CCO[P+](CC)(OC)OC. The molecule has 0 aromatic carbocycles. The lowest BCUT2D eigenvalue weighted by atomic mass is 10.9. The van der Waals surface area contributed by atoms with Crippen molar-refractivity contribution in [3.05, 3.63) is 0 Å². The second-order valence-corrected chi connectivity index (χ2v) is 4.55. The van der Waals surface area contributed by atoms with Gasteiger partial charge in [-0.2, -0.15) is 13.6 Å². The second-order valence-electron chi connectivity index (χ2n) is 1.71. The summed E-state index contributed by atoms with van der Waals surface area (Å²) in [5, 5.41) is 0. The number of hydrogen-bond acceptors (Lipinski definition) is 3. The van der Waals surface area contributed by atoms with Gasteiger partial charge in [0, 0.05) is 0 Å². The molecule has 0 radical (unpaired) electrons. The van der Waals surface area contributed by atoms with Crippen molar-refractivity contribution in [2.45, 2.75) is 13.8 Å². The van der Waals surface area contributed by atoms with Gasteiger partial charge in [-0.3, -0.25) is 0 Å². The molecule has 0 spiro atoms. The molecule has 0 aromatic rings. The van der Waals surface area contributed by atoms with E-state index in [1.165, 1.54) is 0 Å². The van der Waals surface area contributed by atoms with Gasteiger partial charge in [0.05, 0.1) is 20.8 Å². The van der Waals surface area contributed by atoms with Gasteiger partial charge in [0.25, 0.3) is 0 Å². The van der Waals surface area contributed by atoms with Crippen LogP contribution < -0.4 is 0 Å². The second kappa shape index (κ2) is 5.03. The van der Waals surface area contributed by atoms with Gasteiger partial charge in [0.1, 0.15) is 6.16 Å². The minimum absolute atomic E-state index is 0.642. The Kier molecular flexibility index (Phi) is 5.18. The van der Waals surface area contributed by atoms with Gasteiger partial charge in [0.2, 0.25) is 0 Å². The van der Waals surface area contributed by atoms with E-state index >= 15 is 0 Å². The van der Waals surface area contributed by atoms with Crippen LogP contribution in [0.4, 0.5) is 0 Å². The quantitative estimate of drug-likeness (QED) is 0.587. The molecule has 0 aliphatic rings. The molecule has 0 saturated heterocycles. The summed E-state index contributed by atoms with van der Waals surface area (Å²) in [5.41, 5.74) is 0. The first kappa shape index (κ1) is 10.3. The maximum atomic E-state index is 5.34. The highest BCUT2D eigenvalue weighted by atomic mass is 31.2. The van der Waals surface area contributed by atoms with Gasteiger partial charge >= 0.3 is 7.94 Å². The van der Waals surface area contributed by atoms with Crippen LogP contribution in [0.25, 0.3) is 0 Å². The van der Waals surface area contributed by atoms with Crippen molar-refractivity contribution in [3.8, 4) is 0 Å². The van der Waals surface area contributed by atoms with E-state index in [1.54, 1.807) is 14.2 Å². The molecule has 0 N–H and O–H groups in total. The van der Waals surface area contributed by atoms with E-state index in [9.17, 15) is 0 Å². The van der Waals surface area contributed by atoms with E-state index in [0.29, 0.717) is 6.61 Å². The van der Waals surface area contributed by atoms with Gasteiger partial charge in [-0.25, -0.2) is 0 Å². The minimum Gasteiger partial charge on any atom is -0.181 e. The normalized spacial score (nSPS) is 12.0. The highest BCUT2D eigenvalue weighted by Gasteiger charge is 2.39. The standard InChI is InChI=1S/C6H16O3P/c1-5-9-10(6-2,7-3)8-4/h5-6H2,1-4H3/q+1. The average Bonchev–Trinajstić information content (AvgIpc) is 2.01. The van der Waals surface area contributed by atoms with Crippen molar-refractivity contribution in [1.29, 1.82) is 0 Å². The Morgan fingerprint density at radius 2 is 1.60 bits per heavy atom. The predicted octanol–water partition coefficient (Wildman–Crippen LogP) is 2.10. The van der Waals surface area contributed by atoms with E-state index < -0.39 is 7.94 Å². The van der Waals surface area contributed by atoms with Crippen molar-refractivity contribution < 1.29 is 13.6 Å². The Morgan fingerprint density at radius 1 is 1.10 bits per heavy atom. The average molecular weight is 167 g/mol. The zero-order valence-electron chi connectivity index (χ0n) is 7.09. The van der Waals surface area contributed by atoms with Crippen LogP contribution in [0.5, 0.6) is 0 Å². The molecule has 0 saturated carbocycles. The summed E-state index contributed by atoms with van der Waals surface area (Å²) in [7, 11) is 1.30. The zero-order chi connectivity index (χ0) is 8.04. The van der Waals surface area contributed by atoms with Crippen molar-refractivity contribution in [2.75, 3.05) is 27.0 Å². The maximum Gasteiger partial charge on any atom is 0.410 e.